The molecule has 160 valence electrons. The highest BCUT2D eigenvalue weighted by molar-refractivity contribution is 5.94. The molecule has 0 radical (unpaired) electrons. The van der Waals surface area contributed by atoms with Crippen LogP contribution in [0.15, 0.2) is 36.7 Å². The van der Waals surface area contributed by atoms with Gasteiger partial charge in [-0.3, -0.25) is 0 Å². The molecule has 1 N–H and O–H groups in total. The van der Waals surface area contributed by atoms with Crippen molar-refractivity contribution >= 4 is 17.0 Å². The number of aromatic nitrogens is 3. The molecular formula is C22H25F3N4O. The van der Waals surface area contributed by atoms with Crippen molar-refractivity contribution in [3.05, 3.63) is 42.5 Å². The number of ether oxygens (including phenoxy) is 1. The summed E-state index contributed by atoms with van der Waals surface area (Å²) in [5.41, 5.74) is 2.65. The lowest BCUT2D eigenvalue weighted by Crippen LogP contribution is -2.24. The van der Waals surface area contributed by atoms with Gasteiger partial charge >= 0.3 is 6.61 Å². The Labute approximate surface area is 173 Å². The summed E-state index contributed by atoms with van der Waals surface area (Å²) in [4.78, 5) is 9.09. The van der Waals surface area contributed by atoms with Gasteiger partial charge in [-0.15, -0.1) is 0 Å². The highest BCUT2D eigenvalue weighted by Gasteiger charge is 2.21. The lowest BCUT2D eigenvalue weighted by molar-refractivity contribution is -0.130. The highest BCUT2D eigenvalue weighted by atomic mass is 19.3. The maximum absolute atomic E-state index is 13.4. The number of fused-ring (bicyclic) bond motifs is 1. The van der Waals surface area contributed by atoms with E-state index in [1.807, 2.05) is 0 Å². The van der Waals surface area contributed by atoms with Crippen LogP contribution in [-0.2, 0) is 4.74 Å². The van der Waals surface area contributed by atoms with Gasteiger partial charge in [-0.1, -0.05) is 31.4 Å². The summed E-state index contributed by atoms with van der Waals surface area (Å²) in [6.07, 6.45) is 9.57. The molecule has 1 aliphatic rings. The van der Waals surface area contributed by atoms with Crippen LogP contribution in [0.4, 0.5) is 19.1 Å². The topological polar surface area (TPSA) is 52.0 Å². The largest absolute Gasteiger partial charge is 0.349 e. The van der Waals surface area contributed by atoms with Gasteiger partial charge in [0.25, 0.3) is 0 Å². The number of anilines is 1. The van der Waals surface area contributed by atoms with Gasteiger partial charge in [0.2, 0.25) is 5.95 Å². The van der Waals surface area contributed by atoms with Crippen LogP contribution in [0.5, 0.6) is 0 Å². The molecule has 4 rings (SSSR count). The van der Waals surface area contributed by atoms with Crippen molar-refractivity contribution in [1.29, 1.82) is 0 Å². The number of hydrogen-bond acceptors (Lipinski definition) is 4. The Balaban J connectivity index is 1.70. The molecule has 5 nitrogen and oxygen atoms in total. The van der Waals surface area contributed by atoms with Crippen LogP contribution in [0.25, 0.3) is 22.2 Å². The Kier molecular flexibility index (Phi) is 6.22. The maximum atomic E-state index is 13.4. The van der Waals surface area contributed by atoms with Crippen LogP contribution in [-0.4, -0.2) is 33.8 Å². The minimum absolute atomic E-state index is 0.149. The minimum atomic E-state index is -2.81. The summed E-state index contributed by atoms with van der Waals surface area (Å²) in [6, 6.07) is 6.38. The van der Waals surface area contributed by atoms with E-state index in [0.29, 0.717) is 12.0 Å². The number of rotatable bonds is 7. The molecule has 1 aliphatic carbocycles. The molecule has 0 aliphatic heterocycles. The molecular weight excluding hydrogens is 393 g/mol. The van der Waals surface area contributed by atoms with Crippen molar-refractivity contribution < 1.29 is 17.9 Å². The van der Waals surface area contributed by atoms with E-state index in [4.69, 9.17) is 4.98 Å². The van der Waals surface area contributed by atoms with Crippen molar-refractivity contribution in [3.8, 4) is 11.1 Å². The quantitative estimate of drug-likeness (QED) is 0.528. The van der Waals surface area contributed by atoms with Crippen molar-refractivity contribution in [2.75, 3.05) is 11.9 Å². The van der Waals surface area contributed by atoms with E-state index in [1.54, 1.807) is 25.3 Å². The summed E-state index contributed by atoms with van der Waals surface area (Å²) < 4.78 is 44.5. The molecule has 0 unspecified atom stereocenters. The fraction of sp³-hybridized carbons (Fsp3) is 0.455. The average molecular weight is 418 g/mol. The Morgan fingerprint density at radius 1 is 1.17 bits per heavy atom. The SMILES string of the molecule is C[C@@H](COC(F)F)Nc1ncc2c(-c3ccc(F)cc3)cn(C3CCCCC3)c2n1. The Morgan fingerprint density at radius 2 is 1.90 bits per heavy atom. The molecule has 0 amide bonds. The van der Waals surface area contributed by atoms with Gasteiger partial charge < -0.3 is 14.6 Å². The number of nitrogens with one attached hydrogen (secondary N) is 1. The zero-order valence-corrected chi connectivity index (χ0v) is 16.8. The first kappa shape index (κ1) is 20.7. The monoisotopic (exact) mass is 418 g/mol. The molecule has 1 fully saturated rings. The van der Waals surface area contributed by atoms with Crippen LogP contribution in [0.3, 0.4) is 0 Å². The fourth-order valence-corrected chi connectivity index (χ4v) is 4.08. The third-order valence-electron chi connectivity index (χ3n) is 5.54. The van der Waals surface area contributed by atoms with Gasteiger partial charge in [0.1, 0.15) is 11.5 Å². The first-order chi connectivity index (χ1) is 14.5. The fourth-order valence-electron chi connectivity index (χ4n) is 4.08. The second-order valence-corrected chi connectivity index (χ2v) is 7.82. The highest BCUT2D eigenvalue weighted by Crippen LogP contribution is 2.36. The van der Waals surface area contributed by atoms with E-state index in [9.17, 15) is 13.2 Å². The molecule has 1 atom stereocenters. The second-order valence-electron chi connectivity index (χ2n) is 7.82. The van der Waals surface area contributed by atoms with Crippen molar-refractivity contribution in [3.63, 3.8) is 0 Å². The van der Waals surface area contributed by atoms with Crippen LogP contribution < -0.4 is 5.32 Å². The van der Waals surface area contributed by atoms with Gasteiger partial charge in [-0.05, 0) is 37.5 Å². The number of halogens is 3. The predicted molar refractivity (Wildman–Crippen MR) is 110 cm³/mol. The van der Waals surface area contributed by atoms with Crippen molar-refractivity contribution in [2.24, 2.45) is 0 Å². The summed E-state index contributed by atoms with van der Waals surface area (Å²) >= 11 is 0. The van der Waals surface area contributed by atoms with Crippen LogP contribution >= 0.6 is 0 Å². The second kappa shape index (κ2) is 9.04. The minimum Gasteiger partial charge on any atom is -0.349 e. The van der Waals surface area contributed by atoms with E-state index < -0.39 is 6.61 Å². The zero-order chi connectivity index (χ0) is 21.1. The molecule has 0 spiro atoms. The molecule has 1 aromatic carbocycles. The summed E-state index contributed by atoms with van der Waals surface area (Å²) in [5, 5.41) is 3.92. The molecule has 1 saturated carbocycles. The van der Waals surface area contributed by atoms with Gasteiger partial charge in [0.05, 0.1) is 6.61 Å². The molecule has 8 heteroatoms. The zero-order valence-electron chi connectivity index (χ0n) is 16.8. The smallest absolute Gasteiger partial charge is 0.345 e. The van der Waals surface area contributed by atoms with Gasteiger partial charge in [-0.25, -0.2) is 9.37 Å². The van der Waals surface area contributed by atoms with E-state index in [2.05, 4.69) is 25.8 Å². The normalized spacial score (nSPS) is 16.3. The van der Waals surface area contributed by atoms with E-state index >= 15 is 0 Å². The molecule has 3 aromatic rings. The van der Waals surface area contributed by atoms with Gasteiger partial charge in [0, 0.05) is 35.4 Å². The Morgan fingerprint density at radius 3 is 2.60 bits per heavy atom. The van der Waals surface area contributed by atoms with E-state index in [-0.39, 0.29) is 18.5 Å². The van der Waals surface area contributed by atoms with Crippen LogP contribution in [0.2, 0.25) is 0 Å². The summed E-state index contributed by atoms with van der Waals surface area (Å²) in [6.45, 7) is -1.22. The van der Waals surface area contributed by atoms with Crippen LogP contribution in [0.1, 0.15) is 45.1 Å². The molecule has 30 heavy (non-hydrogen) atoms. The van der Waals surface area contributed by atoms with Crippen LogP contribution in [0, 0.1) is 5.82 Å². The number of alkyl halides is 2. The molecule has 0 saturated heterocycles. The number of benzene rings is 1. The molecule has 2 aromatic heterocycles. The average Bonchev–Trinajstić information content (AvgIpc) is 3.12. The summed E-state index contributed by atoms with van der Waals surface area (Å²) in [7, 11) is 0. The number of hydrogen-bond donors (Lipinski definition) is 1. The Bertz CT molecular complexity index is 984. The van der Waals surface area contributed by atoms with E-state index in [1.165, 1.54) is 31.4 Å². The summed E-state index contributed by atoms with van der Waals surface area (Å²) in [5.74, 6) is 0.0891. The molecule has 0 bridgehead atoms. The Hall–Kier alpha value is -2.61. The third kappa shape index (κ3) is 4.59. The lowest BCUT2D eigenvalue weighted by Gasteiger charge is -2.24. The van der Waals surface area contributed by atoms with E-state index in [0.717, 1.165) is 35.0 Å². The number of nitrogens with zero attached hydrogens (tertiary/aromatic N) is 3. The first-order valence-corrected chi connectivity index (χ1v) is 10.3. The first-order valence-electron chi connectivity index (χ1n) is 10.3. The molecule has 2 heterocycles. The maximum Gasteiger partial charge on any atom is 0.345 e. The van der Waals surface area contributed by atoms with Gasteiger partial charge in [-0.2, -0.15) is 13.8 Å². The van der Waals surface area contributed by atoms with Crippen molar-refractivity contribution in [1.82, 2.24) is 14.5 Å². The van der Waals surface area contributed by atoms with Crippen molar-refractivity contribution in [2.45, 2.75) is 57.7 Å². The van der Waals surface area contributed by atoms with Gasteiger partial charge in [0.15, 0.2) is 0 Å². The predicted octanol–water partition coefficient (Wildman–Crippen LogP) is 5.78. The standard InChI is InChI=1S/C22H25F3N4O/c1-14(13-30-21(24)25)27-22-26-11-18-19(15-7-9-16(23)10-8-15)12-29(20(18)28-22)17-5-3-2-4-6-17/h7-12,14,17,21H,2-6,13H2,1H3,(H,26,27,28)/t14-/m0/s1. The lowest BCUT2D eigenvalue weighted by atomic mass is 9.95. The third-order valence-corrected chi connectivity index (χ3v) is 5.54.